The fourth-order valence-corrected chi connectivity index (χ4v) is 1.51. The lowest BCUT2D eigenvalue weighted by molar-refractivity contribution is 0.0527. The molecular formula is C11H12N4O2. The first-order valence-electron chi connectivity index (χ1n) is 5.16. The fraction of sp³-hybridized carbons (Fsp3) is 0.182. The number of nitrogens with two attached hydrogens (primary N) is 1. The average molecular weight is 232 g/mol. The second kappa shape index (κ2) is 4.65. The quantitative estimate of drug-likeness (QED) is 0.631. The smallest absolute Gasteiger partial charge is 0.342 e. The SMILES string of the molecule is CCOC(=O)c1c(N)cccc1-n1ccnn1. The van der Waals surface area contributed by atoms with E-state index < -0.39 is 5.97 Å². The summed E-state index contributed by atoms with van der Waals surface area (Å²) in [5.74, 6) is -0.462. The Balaban J connectivity index is 2.53. The minimum Gasteiger partial charge on any atom is -0.462 e. The molecule has 0 aliphatic heterocycles. The van der Waals surface area contributed by atoms with Crippen LogP contribution in [0.4, 0.5) is 5.69 Å². The van der Waals surface area contributed by atoms with Crippen molar-refractivity contribution in [3.8, 4) is 5.69 Å². The molecule has 0 aliphatic carbocycles. The number of rotatable bonds is 3. The molecule has 0 aliphatic rings. The Hall–Kier alpha value is -2.37. The monoisotopic (exact) mass is 232 g/mol. The molecule has 1 heterocycles. The number of esters is 1. The largest absolute Gasteiger partial charge is 0.462 e. The van der Waals surface area contributed by atoms with E-state index in [0.717, 1.165) is 0 Å². The maximum absolute atomic E-state index is 11.8. The van der Waals surface area contributed by atoms with Crippen LogP contribution in [0.3, 0.4) is 0 Å². The predicted molar refractivity (Wildman–Crippen MR) is 61.7 cm³/mol. The molecule has 2 aromatic rings. The molecule has 0 saturated heterocycles. The molecule has 0 spiro atoms. The number of hydrogen-bond donors (Lipinski definition) is 1. The maximum atomic E-state index is 11.8. The van der Waals surface area contributed by atoms with E-state index in [9.17, 15) is 4.79 Å². The average Bonchev–Trinajstić information content (AvgIpc) is 2.82. The molecule has 0 amide bonds. The number of hydrogen-bond acceptors (Lipinski definition) is 5. The molecule has 88 valence electrons. The van der Waals surface area contributed by atoms with Gasteiger partial charge in [-0.1, -0.05) is 11.3 Å². The highest BCUT2D eigenvalue weighted by molar-refractivity contribution is 5.99. The summed E-state index contributed by atoms with van der Waals surface area (Å²) < 4.78 is 6.44. The molecule has 0 saturated carbocycles. The zero-order valence-corrected chi connectivity index (χ0v) is 9.33. The third kappa shape index (κ3) is 2.10. The van der Waals surface area contributed by atoms with Gasteiger partial charge in [-0.25, -0.2) is 9.48 Å². The highest BCUT2D eigenvalue weighted by Crippen LogP contribution is 2.21. The van der Waals surface area contributed by atoms with Gasteiger partial charge in [-0.05, 0) is 19.1 Å². The molecular weight excluding hydrogens is 220 g/mol. The van der Waals surface area contributed by atoms with Crippen LogP contribution in [-0.4, -0.2) is 27.6 Å². The van der Waals surface area contributed by atoms with E-state index in [4.69, 9.17) is 10.5 Å². The lowest BCUT2D eigenvalue weighted by atomic mass is 10.1. The van der Waals surface area contributed by atoms with Crippen molar-refractivity contribution in [2.75, 3.05) is 12.3 Å². The van der Waals surface area contributed by atoms with Crippen LogP contribution >= 0.6 is 0 Å². The lowest BCUT2D eigenvalue weighted by Crippen LogP contribution is -2.13. The molecule has 1 aromatic carbocycles. The van der Waals surface area contributed by atoms with Gasteiger partial charge in [0.15, 0.2) is 0 Å². The molecule has 1 aromatic heterocycles. The van der Waals surface area contributed by atoms with Gasteiger partial charge in [-0.3, -0.25) is 0 Å². The highest BCUT2D eigenvalue weighted by Gasteiger charge is 2.17. The zero-order valence-electron chi connectivity index (χ0n) is 9.33. The summed E-state index contributed by atoms with van der Waals surface area (Å²) in [4.78, 5) is 11.8. The molecule has 6 nitrogen and oxygen atoms in total. The summed E-state index contributed by atoms with van der Waals surface area (Å²) in [6.07, 6.45) is 3.16. The van der Waals surface area contributed by atoms with Crippen LogP contribution in [0.15, 0.2) is 30.6 Å². The summed E-state index contributed by atoms with van der Waals surface area (Å²) >= 11 is 0. The third-order valence-electron chi connectivity index (χ3n) is 2.22. The zero-order chi connectivity index (χ0) is 12.3. The molecule has 2 rings (SSSR count). The normalized spacial score (nSPS) is 10.2. The van der Waals surface area contributed by atoms with E-state index in [1.807, 2.05) is 0 Å². The van der Waals surface area contributed by atoms with Crippen molar-refractivity contribution in [3.63, 3.8) is 0 Å². The summed E-state index contributed by atoms with van der Waals surface area (Å²) in [5, 5.41) is 7.53. The Morgan fingerprint density at radius 2 is 2.35 bits per heavy atom. The molecule has 17 heavy (non-hydrogen) atoms. The van der Waals surface area contributed by atoms with Gasteiger partial charge in [0.2, 0.25) is 0 Å². The Morgan fingerprint density at radius 1 is 1.53 bits per heavy atom. The van der Waals surface area contributed by atoms with Crippen molar-refractivity contribution in [2.24, 2.45) is 0 Å². The standard InChI is InChI=1S/C11H12N4O2/c1-2-17-11(16)10-8(12)4-3-5-9(10)15-7-6-13-14-15/h3-7H,2,12H2,1H3. The summed E-state index contributed by atoms with van der Waals surface area (Å²) in [6.45, 7) is 2.04. The van der Waals surface area contributed by atoms with Crippen molar-refractivity contribution in [2.45, 2.75) is 6.92 Å². The van der Waals surface area contributed by atoms with Crippen molar-refractivity contribution in [1.29, 1.82) is 0 Å². The molecule has 0 unspecified atom stereocenters. The van der Waals surface area contributed by atoms with Crippen LogP contribution in [0, 0.1) is 0 Å². The number of carbonyl (C=O) groups is 1. The molecule has 0 radical (unpaired) electrons. The van der Waals surface area contributed by atoms with Crippen molar-refractivity contribution < 1.29 is 9.53 Å². The van der Waals surface area contributed by atoms with Crippen LogP contribution in [0.2, 0.25) is 0 Å². The predicted octanol–water partition coefficient (Wildman–Crippen LogP) is 1.03. The minimum atomic E-state index is -0.462. The molecule has 6 heteroatoms. The first-order chi connectivity index (χ1) is 8.24. The second-order valence-electron chi connectivity index (χ2n) is 3.31. The van der Waals surface area contributed by atoms with E-state index in [0.29, 0.717) is 23.5 Å². The number of nitrogens with zero attached hydrogens (tertiary/aromatic N) is 3. The number of ether oxygens (including phenoxy) is 1. The minimum absolute atomic E-state index is 0.296. The van der Waals surface area contributed by atoms with Crippen molar-refractivity contribution in [1.82, 2.24) is 15.0 Å². The van der Waals surface area contributed by atoms with Gasteiger partial charge in [0.1, 0.15) is 5.56 Å². The third-order valence-corrected chi connectivity index (χ3v) is 2.22. The van der Waals surface area contributed by atoms with Crippen molar-refractivity contribution in [3.05, 3.63) is 36.2 Å². The van der Waals surface area contributed by atoms with Gasteiger partial charge >= 0.3 is 5.97 Å². The lowest BCUT2D eigenvalue weighted by Gasteiger charge is -2.10. The second-order valence-corrected chi connectivity index (χ2v) is 3.31. The van der Waals surface area contributed by atoms with Crippen LogP contribution in [0.25, 0.3) is 5.69 Å². The van der Waals surface area contributed by atoms with E-state index in [1.54, 1.807) is 31.3 Å². The Morgan fingerprint density at radius 3 is 3.00 bits per heavy atom. The first kappa shape index (κ1) is 11.1. The molecule has 2 N–H and O–H groups in total. The summed E-state index contributed by atoms with van der Waals surface area (Å²) in [7, 11) is 0. The van der Waals surface area contributed by atoms with E-state index >= 15 is 0 Å². The van der Waals surface area contributed by atoms with Crippen LogP contribution in [0.1, 0.15) is 17.3 Å². The molecule has 0 bridgehead atoms. The Labute approximate surface area is 98.0 Å². The summed E-state index contributed by atoms with van der Waals surface area (Å²) in [5.41, 5.74) is 7.02. The van der Waals surface area contributed by atoms with Gasteiger partial charge in [0.05, 0.1) is 24.7 Å². The van der Waals surface area contributed by atoms with Gasteiger partial charge in [-0.2, -0.15) is 0 Å². The topological polar surface area (TPSA) is 83.0 Å². The number of carbonyl (C=O) groups excluding carboxylic acids is 1. The highest BCUT2D eigenvalue weighted by atomic mass is 16.5. The van der Waals surface area contributed by atoms with E-state index in [-0.39, 0.29) is 0 Å². The number of anilines is 1. The van der Waals surface area contributed by atoms with Crippen LogP contribution < -0.4 is 5.73 Å². The van der Waals surface area contributed by atoms with E-state index in [2.05, 4.69) is 10.3 Å². The van der Waals surface area contributed by atoms with Crippen molar-refractivity contribution >= 4 is 11.7 Å². The number of aromatic nitrogens is 3. The maximum Gasteiger partial charge on any atom is 0.342 e. The first-order valence-corrected chi connectivity index (χ1v) is 5.16. The Kier molecular flexibility index (Phi) is 3.04. The van der Waals surface area contributed by atoms with Crippen LogP contribution in [0.5, 0.6) is 0 Å². The fourth-order valence-electron chi connectivity index (χ4n) is 1.51. The van der Waals surface area contributed by atoms with Gasteiger partial charge < -0.3 is 10.5 Å². The number of nitrogen functional groups attached to an aromatic ring is 1. The molecule has 0 atom stereocenters. The summed E-state index contributed by atoms with van der Waals surface area (Å²) in [6, 6.07) is 5.12. The van der Waals surface area contributed by atoms with Gasteiger partial charge in [0.25, 0.3) is 0 Å². The Bertz CT molecular complexity index is 522. The van der Waals surface area contributed by atoms with Gasteiger partial charge in [0, 0.05) is 5.69 Å². The van der Waals surface area contributed by atoms with Gasteiger partial charge in [-0.15, -0.1) is 5.10 Å². The number of benzene rings is 1. The van der Waals surface area contributed by atoms with E-state index in [1.165, 1.54) is 10.9 Å². The molecule has 0 fully saturated rings. The van der Waals surface area contributed by atoms with Crippen LogP contribution in [-0.2, 0) is 4.74 Å².